The Labute approximate surface area is 208 Å². The molecule has 1 aromatic heterocycles. The zero-order chi connectivity index (χ0) is 25.3. The normalized spacial score (nSPS) is 20.3. The number of nitrogens with one attached hydrogen (secondary N) is 1. The number of carboxylic acid groups (broad SMARTS) is 1. The Hall–Kier alpha value is -2.79. The maximum absolute atomic E-state index is 11.0. The van der Waals surface area contributed by atoms with Gasteiger partial charge in [-0.15, -0.1) is 13.2 Å². The van der Waals surface area contributed by atoms with Crippen LogP contribution in [0, 0.1) is 17.3 Å². The number of H-pyrrole nitrogens is 1. The molecule has 0 aliphatic heterocycles. The minimum atomic E-state index is -0.771. The predicted octanol–water partition coefficient (Wildman–Crippen LogP) is 7.85. The largest absolute Gasteiger partial charge is 0.481 e. The average Bonchev–Trinajstić information content (AvgIpc) is 3.17. The quantitative estimate of drug-likeness (QED) is 0.318. The van der Waals surface area contributed by atoms with E-state index in [2.05, 4.69) is 48.3 Å². The third-order valence-corrected chi connectivity index (χ3v) is 6.64. The van der Waals surface area contributed by atoms with Crippen LogP contribution in [0.15, 0.2) is 55.7 Å². The molecular weight excluding hydrogens is 448 g/mol. The molecule has 0 bridgehead atoms. The number of aromatic amines is 1. The SMILES string of the molecule is C=CCC(C)(C=C)C(/C=C\C)C/C=C/c1cc2nc(OC3CC(C(=O)O)C3)[nH]c2cc1Cl.CC. The molecule has 2 atom stereocenters. The van der Waals surface area contributed by atoms with Gasteiger partial charge in [0, 0.05) is 0 Å². The Kier molecular flexibility index (Phi) is 10.2. The molecule has 1 aromatic carbocycles. The van der Waals surface area contributed by atoms with Crippen LogP contribution in [-0.4, -0.2) is 27.1 Å². The molecule has 1 heterocycles. The maximum Gasteiger partial charge on any atom is 0.306 e. The standard InChI is InChI=1S/C26H31ClN2O3.C2H6/c1-5-9-19(26(4,7-3)12-6-2)11-8-10-17-15-22-23(16-21(17)27)29-25(28-22)32-20-13-18(14-20)24(30)31;1-2/h5-10,15-16,18-20H,2-3,11-14H2,1,4H3,(H,28,29)(H,30,31);1-2H3/b9-5-,10-8+;. The number of rotatable bonds is 11. The second kappa shape index (κ2) is 12.6. The number of carbonyl (C=O) groups is 1. The number of benzene rings is 1. The summed E-state index contributed by atoms with van der Waals surface area (Å²) in [5, 5.41) is 9.62. The fourth-order valence-electron chi connectivity index (χ4n) is 4.07. The van der Waals surface area contributed by atoms with Crippen molar-refractivity contribution in [3.63, 3.8) is 0 Å². The zero-order valence-corrected chi connectivity index (χ0v) is 21.4. The first-order valence-corrected chi connectivity index (χ1v) is 12.3. The lowest BCUT2D eigenvalue weighted by molar-refractivity contribution is -0.148. The van der Waals surface area contributed by atoms with Gasteiger partial charge < -0.3 is 14.8 Å². The van der Waals surface area contributed by atoms with Crippen molar-refractivity contribution in [3.8, 4) is 6.01 Å². The molecule has 34 heavy (non-hydrogen) atoms. The van der Waals surface area contributed by atoms with Crippen LogP contribution in [0.3, 0.4) is 0 Å². The summed E-state index contributed by atoms with van der Waals surface area (Å²) >= 11 is 6.51. The number of fused-ring (bicyclic) bond motifs is 1. The highest BCUT2D eigenvalue weighted by Gasteiger charge is 2.36. The topological polar surface area (TPSA) is 75.2 Å². The zero-order valence-electron chi connectivity index (χ0n) is 20.7. The summed E-state index contributed by atoms with van der Waals surface area (Å²) in [7, 11) is 0. The number of imidazole rings is 1. The van der Waals surface area contributed by atoms with Gasteiger partial charge in [-0.05, 0) is 61.6 Å². The first-order valence-electron chi connectivity index (χ1n) is 11.9. The Balaban J connectivity index is 0.00000199. The lowest BCUT2D eigenvalue weighted by Gasteiger charge is -2.32. The lowest BCUT2D eigenvalue weighted by atomic mass is 9.73. The number of carboxylic acids is 1. The average molecular weight is 485 g/mol. The monoisotopic (exact) mass is 484 g/mol. The maximum atomic E-state index is 11.0. The van der Waals surface area contributed by atoms with Gasteiger partial charge in [-0.1, -0.05) is 68.8 Å². The molecule has 0 amide bonds. The van der Waals surface area contributed by atoms with Crippen molar-refractivity contribution in [1.82, 2.24) is 9.97 Å². The summed E-state index contributed by atoms with van der Waals surface area (Å²) in [6, 6.07) is 4.16. The van der Waals surface area contributed by atoms with Gasteiger partial charge in [-0.25, -0.2) is 0 Å². The molecule has 2 aromatic rings. The van der Waals surface area contributed by atoms with Crippen molar-refractivity contribution in [2.75, 3.05) is 0 Å². The molecular formula is C28H37ClN2O3. The van der Waals surface area contributed by atoms with Crippen molar-refractivity contribution in [2.24, 2.45) is 17.3 Å². The van der Waals surface area contributed by atoms with Crippen LogP contribution in [-0.2, 0) is 4.79 Å². The van der Waals surface area contributed by atoms with Gasteiger partial charge in [0.15, 0.2) is 0 Å². The van der Waals surface area contributed by atoms with Gasteiger partial charge >= 0.3 is 5.97 Å². The molecule has 6 heteroatoms. The Morgan fingerprint density at radius 2 is 2.09 bits per heavy atom. The van der Waals surface area contributed by atoms with Crippen molar-refractivity contribution < 1.29 is 14.6 Å². The molecule has 1 fully saturated rings. The van der Waals surface area contributed by atoms with E-state index in [9.17, 15) is 4.79 Å². The Morgan fingerprint density at radius 1 is 1.38 bits per heavy atom. The molecule has 1 aliphatic carbocycles. The van der Waals surface area contributed by atoms with Gasteiger partial charge in [0.2, 0.25) is 0 Å². The summed E-state index contributed by atoms with van der Waals surface area (Å²) in [6.45, 7) is 16.2. The fourth-order valence-corrected chi connectivity index (χ4v) is 4.29. The molecule has 184 valence electrons. The van der Waals surface area contributed by atoms with E-state index in [0.29, 0.717) is 29.8 Å². The number of allylic oxidation sites excluding steroid dienone is 5. The molecule has 0 saturated heterocycles. The summed E-state index contributed by atoms with van der Waals surface area (Å²) in [5.41, 5.74) is 2.36. The number of ether oxygens (including phenoxy) is 1. The number of aromatic nitrogens is 2. The van der Waals surface area contributed by atoms with Crippen LogP contribution in [0.2, 0.25) is 5.02 Å². The van der Waals surface area contributed by atoms with Crippen LogP contribution in [0.1, 0.15) is 58.9 Å². The van der Waals surface area contributed by atoms with Crippen LogP contribution in [0.25, 0.3) is 17.1 Å². The van der Waals surface area contributed by atoms with Crippen molar-refractivity contribution in [3.05, 3.63) is 66.3 Å². The predicted molar refractivity (Wildman–Crippen MR) is 142 cm³/mol. The molecule has 1 saturated carbocycles. The van der Waals surface area contributed by atoms with Gasteiger partial charge in [-0.3, -0.25) is 4.79 Å². The third-order valence-electron chi connectivity index (χ3n) is 6.31. The number of hydrogen-bond donors (Lipinski definition) is 2. The van der Waals surface area contributed by atoms with Crippen molar-refractivity contribution >= 4 is 34.7 Å². The van der Waals surface area contributed by atoms with E-state index in [1.54, 1.807) is 0 Å². The van der Waals surface area contributed by atoms with Crippen LogP contribution in [0.5, 0.6) is 6.01 Å². The third kappa shape index (κ3) is 6.63. The van der Waals surface area contributed by atoms with E-state index in [1.807, 2.05) is 51.1 Å². The molecule has 0 radical (unpaired) electrons. The van der Waals surface area contributed by atoms with Gasteiger partial charge in [0.1, 0.15) is 6.10 Å². The summed E-state index contributed by atoms with van der Waals surface area (Å²) < 4.78 is 5.79. The van der Waals surface area contributed by atoms with Crippen LogP contribution in [0.4, 0.5) is 0 Å². The second-order valence-electron chi connectivity index (χ2n) is 8.65. The smallest absolute Gasteiger partial charge is 0.306 e. The molecule has 0 spiro atoms. The van der Waals surface area contributed by atoms with Gasteiger partial charge in [-0.2, -0.15) is 4.98 Å². The van der Waals surface area contributed by atoms with Crippen LogP contribution < -0.4 is 4.74 Å². The number of halogens is 1. The van der Waals surface area contributed by atoms with E-state index in [1.165, 1.54) is 0 Å². The molecule has 1 aliphatic rings. The first-order chi connectivity index (χ1) is 16.3. The van der Waals surface area contributed by atoms with Crippen molar-refractivity contribution in [2.45, 2.75) is 59.5 Å². The highest BCUT2D eigenvalue weighted by molar-refractivity contribution is 6.32. The Bertz CT molecular complexity index is 1050. The second-order valence-corrected chi connectivity index (χ2v) is 9.06. The number of hydrogen-bond acceptors (Lipinski definition) is 3. The van der Waals surface area contributed by atoms with E-state index in [0.717, 1.165) is 29.4 Å². The summed E-state index contributed by atoms with van der Waals surface area (Å²) in [5.74, 6) is -0.798. The highest BCUT2D eigenvalue weighted by atomic mass is 35.5. The minimum absolute atomic E-state index is 0.0675. The van der Waals surface area contributed by atoms with E-state index < -0.39 is 5.97 Å². The molecule has 5 nitrogen and oxygen atoms in total. The first kappa shape index (κ1) is 27.5. The van der Waals surface area contributed by atoms with Gasteiger partial charge in [0.25, 0.3) is 6.01 Å². The summed E-state index contributed by atoms with van der Waals surface area (Å²) in [6.07, 6.45) is 15.0. The summed E-state index contributed by atoms with van der Waals surface area (Å²) in [4.78, 5) is 18.6. The highest BCUT2D eigenvalue weighted by Crippen LogP contribution is 2.37. The fraction of sp³-hybridized carbons (Fsp3) is 0.429. The lowest BCUT2D eigenvalue weighted by Crippen LogP contribution is -2.38. The van der Waals surface area contributed by atoms with Crippen LogP contribution >= 0.6 is 11.6 Å². The van der Waals surface area contributed by atoms with Gasteiger partial charge in [0.05, 0.1) is 22.0 Å². The van der Waals surface area contributed by atoms with Crippen molar-refractivity contribution in [1.29, 1.82) is 0 Å². The molecule has 2 unspecified atom stereocenters. The van der Waals surface area contributed by atoms with E-state index in [4.69, 9.17) is 21.4 Å². The number of nitrogens with zero attached hydrogens (tertiary/aromatic N) is 1. The Morgan fingerprint density at radius 3 is 2.68 bits per heavy atom. The number of aliphatic carboxylic acids is 1. The molecule has 2 N–H and O–H groups in total. The minimum Gasteiger partial charge on any atom is -0.481 e. The van der Waals surface area contributed by atoms with E-state index >= 15 is 0 Å². The molecule has 3 rings (SSSR count). The van der Waals surface area contributed by atoms with E-state index in [-0.39, 0.29) is 17.4 Å².